The Balaban J connectivity index is 2.18. The van der Waals surface area contributed by atoms with Crippen LogP contribution in [0.4, 0.5) is 0 Å². The van der Waals surface area contributed by atoms with E-state index in [0.717, 1.165) is 23.1 Å². The van der Waals surface area contributed by atoms with Gasteiger partial charge < -0.3 is 15.4 Å². The molecule has 0 aliphatic carbocycles. The predicted octanol–water partition coefficient (Wildman–Crippen LogP) is 5.32. The van der Waals surface area contributed by atoms with E-state index in [4.69, 9.17) is 22.4 Å². The number of hydrogen-bond acceptors (Lipinski definition) is 5. The molecule has 0 radical (unpaired) electrons. The van der Waals surface area contributed by atoms with Crippen LogP contribution < -0.4 is 0 Å². The molecule has 6 nitrogen and oxygen atoms in total. The standard InChI is InChI=1S/C25H31ClN4O2/c1-4-17(23(28)25(32)20(5-2)24(29)22(31)11-12-26)9-10-19-14-18-8-7-16(15-27)13-21(18)30(19)6-3/h7-8,13-14,17,20,28-29H,4-6,9-12H2,1-3H3/t17-,20+/m0/s1. The molecule has 0 amide bonds. The second-order valence-corrected chi connectivity index (χ2v) is 8.30. The largest absolute Gasteiger partial charge is 0.345 e. The molecule has 1 aromatic carbocycles. The van der Waals surface area contributed by atoms with E-state index in [1.807, 2.05) is 19.1 Å². The minimum Gasteiger partial charge on any atom is -0.345 e. The SMILES string of the molecule is CC[C@@H](CCc1cc2ccc(C#N)cc2n1CC)C(=N)C(=O)[C@H](CC)C(=N)C(=O)CCCl. The van der Waals surface area contributed by atoms with Gasteiger partial charge in [-0.05, 0) is 56.2 Å². The van der Waals surface area contributed by atoms with Crippen molar-refractivity contribution < 1.29 is 9.59 Å². The number of ketones is 2. The zero-order valence-corrected chi connectivity index (χ0v) is 19.8. The number of Topliss-reactive ketones (excluding diaryl/α,β-unsaturated/α-hetero) is 2. The van der Waals surface area contributed by atoms with Crippen LogP contribution in [0.1, 0.15) is 57.7 Å². The Kier molecular flexibility index (Phi) is 9.34. The Labute approximate surface area is 194 Å². The topological polar surface area (TPSA) is 111 Å². The monoisotopic (exact) mass is 454 g/mol. The summed E-state index contributed by atoms with van der Waals surface area (Å²) in [6.45, 7) is 6.53. The summed E-state index contributed by atoms with van der Waals surface area (Å²) in [5.41, 5.74) is 2.49. The third-order valence-corrected chi connectivity index (χ3v) is 6.23. The lowest BCUT2D eigenvalue weighted by atomic mass is 9.83. The summed E-state index contributed by atoms with van der Waals surface area (Å²) in [4.78, 5) is 25.1. The van der Waals surface area contributed by atoms with Crippen molar-refractivity contribution in [3.05, 3.63) is 35.5 Å². The summed E-state index contributed by atoms with van der Waals surface area (Å²) in [5.74, 6) is -1.86. The molecule has 0 fully saturated rings. The number of aryl methyl sites for hydroxylation is 2. The second-order valence-electron chi connectivity index (χ2n) is 7.92. The predicted molar refractivity (Wildman–Crippen MR) is 129 cm³/mol. The fraction of sp³-hybridized carbons (Fsp3) is 0.480. The summed E-state index contributed by atoms with van der Waals surface area (Å²) in [6.07, 6.45) is 2.30. The molecular formula is C25H31ClN4O2. The van der Waals surface area contributed by atoms with Crippen molar-refractivity contribution in [1.82, 2.24) is 4.57 Å². The van der Waals surface area contributed by atoms with Crippen molar-refractivity contribution in [3.8, 4) is 6.07 Å². The van der Waals surface area contributed by atoms with E-state index in [-0.39, 0.29) is 29.6 Å². The number of alkyl halides is 1. The summed E-state index contributed by atoms with van der Waals surface area (Å²) in [7, 11) is 0. The maximum Gasteiger partial charge on any atom is 0.185 e. The van der Waals surface area contributed by atoms with E-state index in [2.05, 4.69) is 23.6 Å². The van der Waals surface area contributed by atoms with Gasteiger partial charge in [0.1, 0.15) is 0 Å². The fourth-order valence-electron chi connectivity index (χ4n) is 4.16. The van der Waals surface area contributed by atoms with Gasteiger partial charge in [0.25, 0.3) is 0 Å². The second kappa shape index (κ2) is 11.7. The van der Waals surface area contributed by atoms with Crippen molar-refractivity contribution in [2.75, 3.05) is 5.88 Å². The van der Waals surface area contributed by atoms with Crippen LogP contribution in [-0.2, 0) is 22.6 Å². The first-order chi connectivity index (χ1) is 15.3. The van der Waals surface area contributed by atoms with Crippen LogP contribution in [0.15, 0.2) is 24.3 Å². The number of nitrogens with zero attached hydrogens (tertiary/aromatic N) is 2. The Bertz CT molecular complexity index is 1060. The Hall–Kier alpha value is -2.78. The van der Waals surface area contributed by atoms with E-state index in [9.17, 15) is 14.9 Å². The highest BCUT2D eigenvalue weighted by atomic mass is 35.5. The first-order valence-corrected chi connectivity index (χ1v) is 11.7. The van der Waals surface area contributed by atoms with Crippen LogP contribution in [-0.4, -0.2) is 33.4 Å². The quantitative estimate of drug-likeness (QED) is 0.315. The molecule has 0 aliphatic heterocycles. The van der Waals surface area contributed by atoms with Crippen LogP contribution in [0.2, 0.25) is 0 Å². The van der Waals surface area contributed by atoms with Gasteiger partial charge in [-0.3, -0.25) is 9.59 Å². The Morgan fingerprint density at radius 2 is 1.84 bits per heavy atom. The van der Waals surface area contributed by atoms with Crippen LogP contribution in [0.25, 0.3) is 10.9 Å². The number of carbonyl (C=O) groups excluding carboxylic acids is 2. The summed E-state index contributed by atoms with van der Waals surface area (Å²) in [6, 6.07) is 9.93. The van der Waals surface area contributed by atoms with E-state index in [1.54, 1.807) is 13.0 Å². The van der Waals surface area contributed by atoms with Crippen LogP contribution in [0.3, 0.4) is 0 Å². The highest BCUT2D eigenvalue weighted by Crippen LogP contribution is 2.25. The van der Waals surface area contributed by atoms with Gasteiger partial charge in [-0.15, -0.1) is 11.6 Å². The smallest absolute Gasteiger partial charge is 0.185 e. The lowest BCUT2D eigenvalue weighted by Gasteiger charge is -2.20. The molecule has 32 heavy (non-hydrogen) atoms. The number of aromatic nitrogens is 1. The van der Waals surface area contributed by atoms with E-state index < -0.39 is 17.5 Å². The first kappa shape index (κ1) is 25.5. The van der Waals surface area contributed by atoms with Gasteiger partial charge in [0, 0.05) is 36.0 Å². The third-order valence-electron chi connectivity index (χ3n) is 6.05. The molecule has 0 saturated carbocycles. The van der Waals surface area contributed by atoms with E-state index in [0.29, 0.717) is 31.2 Å². The van der Waals surface area contributed by atoms with Gasteiger partial charge >= 0.3 is 0 Å². The number of fused-ring (bicyclic) bond motifs is 1. The normalized spacial score (nSPS) is 12.8. The number of hydrogen-bond donors (Lipinski definition) is 2. The van der Waals surface area contributed by atoms with E-state index in [1.165, 1.54) is 0 Å². The number of halogens is 1. The number of carbonyl (C=O) groups is 2. The summed E-state index contributed by atoms with van der Waals surface area (Å²) < 4.78 is 2.17. The number of nitriles is 1. The highest BCUT2D eigenvalue weighted by molar-refractivity contribution is 6.51. The van der Waals surface area contributed by atoms with Gasteiger partial charge in [0.15, 0.2) is 11.6 Å². The Morgan fingerprint density at radius 3 is 2.41 bits per heavy atom. The molecule has 1 aromatic heterocycles. The maximum absolute atomic E-state index is 13.0. The van der Waals surface area contributed by atoms with Gasteiger partial charge in [0.05, 0.1) is 29.0 Å². The Morgan fingerprint density at radius 1 is 1.12 bits per heavy atom. The molecule has 2 rings (SSSR count). The molecule has 0 bridgehead atoms. The van der Waals surface area contributed by atoms with Crippen molar-refractivity contribution >= 4 is 45.5 Å². The summed E-state index contributed by atoms with van der Waals surface area (Å²) in [5, 5.41) is 26.9. The zero-order valence-electron chi connectivity index (χ0n) is 19.0. The average molecular weight is 455 g/mol. The number of benzene rings is 1. The lowest BCUT2D eigenvalue weighted by molar-refractivity contribution is -0.117. The summed E-state index contributed by atoms with van der Waals surface area (Å²) >= 11 is 5.61. The van der Waals surface area contributed by atoms with Gasteiger partial charge in [-0.25, -0.2) is 0 Å². The van der Waals surface area contributed by atoms with Crippen molar-refractivity contribution in [2.45, 2.75) is 59.4 Å². The molecule has 7 heteroatoms. The van der Waals surface area contributed by atoms with Crippen molar-refractivity contribution in [2.24, 2.45) is 11.8 Å². The molecule has 0 spiro atoms. The average Bonchev–Trinajstić information content (AvgIpc) is 3.16. The minimum absolute atomic E-state index is 0.00583. The zero-order chi connectivity index (χ0) is 23.8. The van der Waals surface area contributed by atoms with E-state index >= 15 is 0 Å². The van der Waals surface area contributed by atoms with Gasteiger partial charge in [-0.2, -0.15) is 5.26 Å². The molecule has 1 heterocycles. The van der Waals surface area contributed by atoms with Crippen LogP contribution in [0.5, 0.6) is 0 Å². The molecule has 0 saturated heterocycles. The molecule has 2 N–H and O–H groups in total. The third kappa shape index (κ3) is 5.52. The molecular weight excluding hydrogens is 424 g/mol. The van der Waals surface area contributed by atoms with Crippen LogP contribution >= 0.6 is 11.6 Å². The molecule has 0 aliphatic rings. The molecule has 2 aromatic rings. The first-order valence-electron chi connectivity index (χ1n) is 11.1. The highest BCUT2D eigenvalue weighted by Gasteiger charge is 2.31. The lowest BCUT2D eigenvalue weighted by Crippen LogP contribution is -2.36. The number of rotatable bonds is 13. The maximum atomic E-state index is 13.0. The van der Waals surface area contributed by atoms with Crippen LogP contribution in [0, 0.1) is 34.0 Å². The molecule has 0 unspecified atom stereocenters. The fourth-order valence-corrected chi connectivity index (χ4v) is 4.33. The number of nitrogens with one attached hydrogen (secondary N) is 2. The molecule has 2 atom stereocenters. The molecule has 170 valence electrons. The van der Waals surface area contributed by atoms with Crippen molar-refractivity contribution in [3.63, 3.8) is 0 Å². The van der Waals surface area contributed by atoms with Gasteiger partial charge in [-0.1, -0.05) is 19.9 Å². The van der Waals surface area contributed by atoms with Crippen molar-refractivity contribution in [1.29, 1.82) is 16.1 Å². The van der Waals surface area contributed by atoms with Gasteiger partial charge in [0.2, 0.25) is 0 Å². The minimum atomic E-state index is -0.876.